The second-order valence-electron chi connectivity index (χ2n) is 5.56. The van der Waals surface area contributed by atoms with E-state index in [1.165, 1.54) is 0 Å². The van der Waals surface area contributed by atoms with E-state index in [2.05, 4.69) is 20.7 Å². The summed E-state index contributed by atoms with van der Waals surface area (Å²) in [5, 5.41) is 8.82. The highest BCUT2D eigenvalue weighted by molar-refractivity contribution is 9.10. The van der Waals surface area contributed by atoms with Crippen LogP contribution in [0.5, 0.6) is 0 Å². The molecule has 1 rings (SSSR count). The Morgan fingerprint density at radius 1 is 1.33 bits per heavy atom. The summed E-state index contributed by atoms with van der Waals surface area (Å²) < 4.78 is 31.8. The molecule has 0 amide bonds. The number of sulfonamides is 1. The Kier molecular flexibility index (Phi) is 6.01. The third-order valence-electron chi connectivity index (χ3n) is 3.38. The predicted octanol–water partition coefficient (Wildman–Crippen LogP) is 2.95. The minimum atomic E-state index is -3.82. The lowest BCUT2D eigenvalue weighted by Gasteiger charge is -2.24. The van der Waals surface area contributed by atoms with Gasteiger partial charge in [-0.25, -0.2) is 17.9 Å². The van der Waals surface area contributed by atoms with Gasteiger partial charge in [-0.15, -0.1) is 0 Å². The second kappa shape index (κ2) is 6.93. The van der Waals surface area contributed by atoms with Crippen molar-refractivity contribution in [2.24, 2.45) is 17.8 Å². The molecule has 0 atom stereocenters. The van der Waals surface area contributed by atoms with Gasteiger partial charge in [-0.3, -0.25) is 0 Å². The molecule has 0 unspecified atom stereocenters. The number of carboxylic acid groups (broad SMARTS) is 1. The van der Waals surface area contributed by atoms with E-state index < -0.39 is 21.8 Å². The zero-order valence-electron chi connectivity index (χ0n) is 12.4. The van der Waals surface area contributed by atoms with Gasteiger partial charge in [-0.1, -0.05) is 27.7 Å². The summed E-state index contributed by atoms with van der Waals surface area (Å²) in [5.74, 6) is -0.902. The molecule has 21 heavy (non-hydrogen) atoms. The lowest BCUT2D eigenvalue weighted by molar-refractivity contribution is 0.0661. The normalized spacial score (nSPS) is 12.6. The number of hydrogen-bond acceptors (Lipinski definition) is 4. The summed E-state index contributed by atoms with van der Waals surface area (Å²) in [7, 11) is -3.82. The lowest BCUT2D eigenvalue weighted by Crippen LogP contribution is -2.33. The SMILES string of the molecule is CC(C)C(CNS(=O)(=O)c1cc(C(=O)O)oc1Br)C(C)C. The summed E-state index contributed by atoms with van der Waals surface area (Å²) in [6.07, 6.45) is 0. The van der Waals surface area contributed by atoms with Crippen LogP contribution in [0.25, 0.3) is 0 Å². The number of hydrogen-bond donors (Lipinski definition) is 2. The molecule has 0 spiro atoms. The maximum Gasteiger partial charge on any atom is 0.371 e. The fourth-order valence-electron chi connectivity index (χ4n) is 2.17. The molecule has 0 saturated carbocycles. The molecule has 1 aromatic heterocycles. The van der Waals surface area contributed by atoms with E-state index in [4.69, 9.17) is 9.52 Å². The van der Waals surface area contributed by atoms with Crippen LogP contribution in [0.2, 0.25) is 0 Å². The smallest absolute Gasteiger partial charge is 0.371 e. The van der Waals surface area contributed by atoms with Gasteiger partial charge in [0.1, 0.15) is 4.90 Å². The van der Waals surface area contributed by atoms with Crippen molar-refractivity contribution >= 4 is 31.9 Å². The molecule has 0 aromatic carbocycles. The van der Waals surface area contributed by atoms with E-state index in [9.17, 15) is 13.2 Å². The third-order valence-corrected chi connectivity index (χ3v) is 5.66. The number of carbonyl (C=O) groups is 1. The molecule has 0 aliphatic carbocycles. The fraction of sp³-hybridized carbons (Fsp3) is 0.615. The Hall–Kier alpha value is -0.860. The summed E-state index contributed by atoms with van der Waals surface area (Å²) in [6.45, 7) is 8.44. The number of furan rings is 1. The van der Waals surface area contributed by atoms with Gasteiger partial charge in [0.25, 0.3) is 0 Å². The molecule has 1 aromatic rings. The number of aromatic carboxylic acids is 1. The van der Waals surface area contributed by atoms with Crippen LogP contribution in [0.4, 0.5) is 0 Å². The van der Waals surface area contributed by atoms with Crippen LogP contribution in [0.15, 0.2) is 20.0 Å². The van der Waals surface area contributed by atoms with Crippen LogP contribution in [0, 0.1) is 17.8 Å². The van der Waals surface area contributed by atoms with E-state index in [-0.39, 0.29) is 22.0 Å². The largest absolute Gasteiger partial charge is 0.475 e. The molecule has 2 N–H and O–H groups in total. The highest BCUT2D eigenvalue weighted by atomic mass is 79.9. The third kappa shape index (κ3) is 4.55. The van der Waals surface area contributed by atoms with Crippen molar-refractivity contribution in [3.8, 4) is 0 Å². The lowest BCUT2D eigenvalue weighted by atomic mass is 9.86. The highest BCUT2D eigenvalue weighted by Crippen LogP contribution is 2.27. The molecule has 0 bridgehead atoms. The van der Waals surface area contributed by atoms with Crippen LogP contribution in [-0.4, -0.2) is 26.0 Å². The van der Waals surface area contributed by atoms with E-state index >= 15 is 0 Å². The van der Waals surface area contributed by atoms with Crippen molar-refractivity contribution in [2.45, 2.75) is 32.6 Å². The van der Waals surface area contributed by atoms with Crippen molar-refractivity contribution in [3.05, 3.63) is 16.5 Å². The average molecular weight is 382 g/mol. The molecule has 0 aliphatic heterocycles. The molecule has 1 heterocycles. The Bertz CT molecular complexity index is 598. The Morgan fingerprint density at radius 3 is 2.24 bits per heavy atom. The van der Waals surface area contributed by atoms with E-state index in [0.717, 1.165) is 6.07 Å². The van der Waals surface area contributed by atoms with Crippen molar-refractivity contribution in [3.63, 3.8) is 0 Å². The number of halogens is 1. The molecule has 6 nitrogen and oxygen atoms in total. The van der Waals surface area contributed by atoms with Crippen LogP contribution >= 0.6 is 15.9 Å². The molecular formula is C13H20BrNO5S. The highest BCUT2D eigenvalue weighted by Gasteiger charge is 2.27. The number of carboxylic acids is 1. The van der Waals surface area contributed by atoms with Crippen molar-refractivity contribution < 1.29 is 22.7 Å². The maximum absolute atomic E-state index is 12.2. The molecule has 0 saturated heterocycles. The van der Waals surface area contributed by atoms with Crippen molar-refractivity contribution in [1.29, 1.82) is 0 Å². The molecule has 0 fully saturated rings. The van der Waals surface area contributed by atoms with Gasteiger partial charge >= 0.3 is 5.97 Å². The summed E-state index contributed by atoms with van der Waals surface area (Å²) >= 11 is 2.94. The standard InChI is InChI=1S/C13H20BrNO5S/c1-7(2)9(8(3)4)6-15-21(18,19)11-5-10(13(16)17)20-12(11)14/h5,7-9,15H,6H2,1-4H3,(H,16,17). The molecule has 120 valence electrons. The first-order valence-electron chi connectivity index (χ1n) is 6.58. The first kappa shape index (κ1) is 18.2. The van der Waals surface area contributed by atoms with Crippen LogP contribution in [-0.2, 0) is 10.0 Å². The summed E-state index contributed by atoms with van der Waals surface area (Å²) in [6, 6.07) is 0.995. The summed E-state index contributed by atoms with van der Waals surface area (Å²) in [4.78, 5) is 10.6. The second-order valence-corrected chi connectivity index (χ2v) is 8.01. The number of rotatable bonds is 7. The Balaban J connectivity index is 2.94. The topological polar surface area (TPSA) is 96.6 Å². The Morgan fingerprint density at radius 2 is 1.86 bits per heavy atom. The number of nitrogens with one attached hydrogen (secondary N) is 1. The van der Waals surface area contributed by atoms with Gasteiger partial charge in [-0.05, 0) is 33.7 Å². The minimum absolute atomic E-state index is 0.113. The fourth-order valence-corrected chi connectivity index (χ4v) is 4.18. The molecule has 0 radical (unpaired) electrons. The minimum Gasteiger partial charge on any atom is -0.475 e. The molecular weight excluding hydrogens is 362 g/mol. The average Bonchev–Trinajstić information content (AvgIpc) is 2.71. The van der Waals surface area contributed by atoms with Gasteiger partial charge in [0.15, 0.2) is 4.67 Å². The first-order valence-corrected chi connectivity index (χ1v) is 8.86. The maximum atomic E-state index is 12.2. The van der Waals surface area contributed by atoms with E-state index in [0.29, 0.717) is 11.8 Å². The van der Waals surface area contributed by atoms with Gasteiger partial charge in [-0.2, -0.15) is 0 Å². The van der Waals surface area contributed by atoms with Gasteiger partial charge < -0.3 is 9.52 Å². The van der Waals surface area contributed by atoms with Gasteiger partial charge in [0, 0.05) is 12.6 Å². The van der Waals surface area contributed by atoms with Crippen LogP contribution in [0.3, 0.4) is 0 Å². The van der Waals surface area contributed by atoms with Crippen LogP contribution in [0.1, 0.15) is 38.2 Å². The van der Waals surface area contributed by atoms with Gasteiger partial charge in [0.05, 0.1) is 0 Å². The van der Waals surface area contributed by atoms with Crippen molar-refractivity contribution in [2.75, 3.05) is 6.54 Å². The van der Waals surface area contributed by atoms with Crippen molar-refractivity contribution in [1.82, 2.24) is 4.72 Å². The van der Waals surface area contributed by atoms with Gasteiger partial charge in [0.2, 0.25) is 15.8 Å². The van der Waals surface area contributed by atoms with E-state index in [1.807, 2.05) is 27.7 Å². The quantitative estimate of drug-likeness (QED) is 0.756. The molecule has 0 aliphatic rings. The zero-order valence-corrected chi connectivity index (χ0v) is 14.8. The first-order chi connectivity index (χ1) is 9.56. The Labute approximate surface area is 133 Å². The predicted molar refractivity (Wildman–Crippen MR) is 81.7 cm³/mol. The monoisotopic (exact) mass is 381 g/mol. The molecule has 8 heteroatoms. The summed E-state index contributed by atoms with van der Waals surface area (Å²) in [5.41, 5.74) is 0. The van der Waals surface area contributed by atoms with Crippen LogP contribution < -0.4 is 4.72 Å². The van der Waals surface area contributed by atoms with E-state index in [1.54, 1.807) is 0 Å². The zero-order chi connectivity index (χ0) is 16.4.